The Bertz CT molecular complexity index is 1990. The van der Waals surface area contributed by atoms with Gasteiger partial charge in [-0.25, -0.2) is 0 Å². The molecule has 0 fully saturated rings. The van der Waals surface area contributed by atoms with Crippen molar-refractivity contribution in [3.63, 3.8) is 0 Å². The van der Waals surface area contributed by atoms with Crippen LogP contribution in [0.1, 0.15) is 0 Å². The quantitative estimate of drug-likeness (QED) is 0.0686. The van der Waals surface area contributed by atoms with Crippen molar-refractivity contribution in [3.8, 4) is 23.0 Å². The molecular formula is C22H14As2N4Na2O14S2. The van der Waals surface area contributed by atoms with Gasteiger partial charge in [0.25, 0.3) is 0 Å². The summed E-state index contributed by atoms with van der Waals surface area (Å²) in [6.45, 7) is 0. The first-order valence-electron chi connectivity index (χ1n) is 11.2. The van der Waals surface area contributed by atoms with Gasteiger partial charge >= 0.3 is 317 Å². The molecule has 24 heteroatoms. The molecule has 4 aromatic rings. The van der Waals surface area contributed by atoms with Gasteiger partial charge in [0.1, 0.15) is 0 Å². The van der Waals surface area contributed by atoms with Crippen molar-refractivity contribution >= 4 is 84.3 Å². The Kier molecular flexibility index (Phi) is 14.3. The standard InChI is InChI=1S/C22H16As2N4O14S2.2Na/c29-21-18-11(9-16(43(35,36)37)19(21)27-25-12-5-1-3-7-14(12)41-23(31)32)10-17(44(38,39)40)20(22(18)30)28-26-13-6-2-4-8-15(13)42-24(33)34;;/h1-10,29-30H,(H,31,32)(H,33,34)(H,35,36,37)(H,38,39,40);;/q;2*+1/p-2. The zero-order chi connectivity index (χ0) is 32.4. The van der Waals surface area contributed by atoms with Crippen molar-refractivity contribution in [2.45, 2.75) is 9.79 Å². The Morgan fingerprint density at radius 1 is 0.630 bits per heavy atom. The summed E-state index contributed by atoms with van der Waals surface area (Å²) in [5.41, 5.74) is -2.59. The van der Waals surface area contributed by atoms with Crippen molar-refractivity contribution in [2.24, 2.45) is 20.5 Å². The van der Waals surface area contributed by atoms with Crippen LogP contribution in [-0.2, 0) is 27.7 Å². The van der Waals surface area contributed by atoms with Gasteiger partial charge in [-0.15, -0.1) is 0 Å². The molecular weight excluding hydrogens is 804 g/mol. The zero-order valence-electron chi connectivity index (χ0n) is 23.1. The van der Waals surface area contributed by atoms with E-state index in [-0.39, 0.29) is 82.0 Å². The van der Waals surface area contributed by atoms with Gasteiger partial charge in [-0.3, -0.25) is 0 Å². The number of azo groups is 2. The fourth-order valence-corrected chi connectivity index (χ4v) is 6.29. The molecule has 4 N–H and O–H groups in total. The van der Waals surface area contributed by atoms with E-state index in [1.165, 1.54) is 48.5 Å². The van der Waals surface area contributed by atoms with E-state index in [1.807, 2.05) is 0 Å². The van der Waals surface area contributed by atoms with Crippen molar-refractivity contribution in [2.75, 3.05) is 0 Å². The summed E-state index contributed by atoms with van der Waals surface area (Å²) >= 11 is -7.90. The van der Waals surface area contributed by atoms with E-state index in [1.54, 1.807) is 0 Å². The molecule has 0 amide bonds. The van der Waals surface area contributed by atoms with Crippen molar-refractivity contribution in [3.05, 3.63) is 60.7 Å². The molecule has 0 aliphatic carbocycles. The Morgan fingerprint density at radius 2 is 0.978 bits per heavy atom. The maximum atomic E-state index is 12.1. The molecule has 46 heavy (non-hydrogen) atoms. The van der Waals surface area contributed by atoms with Crippen LogP contribution in [0.25, 0.3) is 10.8 Å². The molecule has 0 aromatic heterocycles. The van der Waals surface area contributed by atoms with Crippen molar-refractivity contribution in [1.82, 2.24) is 0 Å². The minimum Gasteiger partial charge on any atom is 1.00 e. The third-order valence-corrected chi connectivity index (χ3v) is 8.57. The predicted octanol–water partition coefficient (Wildman–Crippen LogP) is -3.53. The van der Waals surface area contributed by atoms with Gasteiger partial charge in [0.05, 0.1) is 0 Å². The fourth-order valence-electron chi connectivity index (χ4n) is 3.65. The Hall–Kier alpha value is -2.00. The summed E-state index contributed by atoms with van der Waals surface area (Å²) in [4.78, 5) is -2.50. The smallest absolute Gasteiger partial charge is 1.00 e. The number of rotatable bonds is 10. The summed E-state index contributed by atoms with van der Waals surface area (Å²) in [6.07, 6.45) is 0. The van der Waals surface area contributed by atoms with Crippen LogP contribution >= 0.6 is 0 Å². The van der Waals surface area contributed by atoms with Gasteiger partial charge in [0.2, 0.25) is 0 Å². The number of phenols is 2. The molecule has 0 heterocycles. The first-order chi connectivity index (χ1) is 20.6. The number of phenolic OH excluding ortho intramolecular Hbond substituents is 2. The third kappa shape index (κ3) is 9.54. The van der Waals surface area contributed by atoms with E-state index in [0.717, 1.165) is 0 Å². The third-order valence-electron chi connectivity index (χ3n) is 5.39. The predicted molar refractivity (Wildman–Crippen MR) is 143 cm³/mol. The van der Waals surface area contributed by atoms with Gasteiger partial charge in [-0.1, -0.05) is 0 Å². The van der Waals surface area contributed by atoms with Gasteiger partial charge in [-0.2, -0.15) is 0 Å². The number of fused-ring (bicyclic) bond motifs is 1. The topological polar surface area (TPSA) is 297 Å². The number of nitrogens with zero attached hydrogens (tertiary/aromatic N) is 4. The van der Waals surface area contributed by atoms with Gasteiger partial charge in [-0.05, 0) is 0 Å². The van der Waals surface area contributed by atoms with Gasteiger partial charge in [0.15, 0.2) is 0 Å². The Morgan fingerprint density at radius 3 is 1.30 bits per heavy atom. The monoisotopic (exact) mass is 818 g/mol. The molecule has 0 aliphatic rings. The second kappa shape index (κ2) is 16.4. The SMILES string of the molecule is O=[As](O)Oc1ccccc1N=Nc1c(S(=O)(=O)[O-])cc2cc(S(=O)(=O)[O-])c(N=Nc3ccccc3O[As](=O)O)c(O)c2c1O.[Na+].[Na+]. The molecule has 18 nitrogen and oxygen atoms in total. The van der Waals surface area contributed by atoms with E-state index < -0.39 is 94.2 Å². The summed E-state index contributed by atoms with van der Waals surface area (Å²) in [5, 5.41) is 35.1. The fraction of sp³-hybridized carbons (Fsp3) is 0. The van der Waals surface area contributed by atoms with E-state index in [2.05, 4.69) is 20.5 Å². The normalized spacial score (nSPS) is 12.4. The maximum Gasteiger partial charge on any atom is 1.00 e. The molecule has 230 valence electrons. The van der Waals surface area contributed by atoms with Crippen LogP contribution in [0, 0.1) is 0 Å². The van der Waals surface area contributed by atoms with E-state index >= 15 is 0 Å². The molecule has 4 aromatic carbocycles. The van der Waals surface area contributed by atoms with Crippen molar-refractivity contribution in [1.29, 1.82) is 0 Å². The molecule has 2 atom stereocenters. The number of benzene rings is 4. The molecule has 0 spiro atoms. The second-order valence-corrected chi connectivity index (χ2v) is 13.6. The number of hydrogen-bond donors (Lipinski definition) is 4. The Balaban J connectivity index is 0.00000368. The molecule has 2 radical (unpaired) electrons. The van der Waals surface area contributed by atoms with Crippen LogP contribution in [0.2, 0.25) is 0 Å². The number of aromatic hydroxyl groups is 2. The first kappa shape index (κ1) is 40.2. The molecule has 4 rings (SSSR count). The summed E-state index contributed by atoms with van der Waals surface area (Å²) < 4.78 is 123. The van der Waals surface area contributed by atoms with Crippen molar-refractivity contribution < 1.29 is 118 Å². The maximum absolute atomic E-state index is 12.1. The second-order valence-electron chi connectivity index (χ2n) is 8.14. The van der Waals surface area contributed by atoms with Crippen LogP contribution in [0.4, 0.5) is 22.7 Å². The summed E-state index contributed by atoms with van der Waals surface area (Å²) in [5.74, 6) is -3.00. The summed E-state index contributed by atoms with van der Waals surface area (Å²) in [6, 6.07) is 11.5. The average molecular weight is 818 g/mol. The van der Waals surface area contributed by atoms with E-state index in [4.69, 9.17) is 15.6 Å². The van der Waals surface area contributed by atoms with Gasteiger partial charge in [0, 0.05) is 0 Å². The minimum atomic E-state index is -5.50. The Labute approximate surface area is 313 Å². The number of para-hydroxylation sites is 2. The molecule has 0 bridgehead atoms. The first-order valence-corrected chi connectivity index (χ1v) is 18.8. The van der Waals surface area contributed by atoms with Gasteiger partial charge < -0.3 is 0 Å². The average Bonchev–Trinajstić information content (AvgIpc) is 2.91. The zero-order valence-corrected chi connectivity index (χ0v) is 32.5. The van der Waals surface area contributed by atoms with Crippen LogP contribution < -0.4 is 66.6 Å². The van der Waals surface area contributed by atoms with Crippen LogP contribution in [0.3, 0.4) is 0 Å². The van der Waals surface area contributed by atoms with E-state index in [9.17, 15) is 43.6 Å². The van der Waals surface area contributed by atoms with E-state index in [0.29, 0.717) is 12.1 Å². The van der Waals surface area contributed by atoms with Crippen LogP contribution in [-0.4, -0.2) is 74.9 Å². The molecule has 0 saturated heterocycles. The molecule has 2 unspecified atom stereocenters. The van der Waals surface area contributed by atoms with Crippen LogP contribution in [0.15, 0.2) is 90.9 Å². The van der Waals surface area contributed by atoms with Crippen LogP contribution in [0.5, 0.6) is 23.0 Å². The summed E-state index contributed by atoms with van der Waals surface area (Å²) in [7, 11) is -11.0. The largest absolute Gasteiger partial charge is 1.00 e. The minimum absolute atomic E-state index is 0. The molecule has 0 saturated carbocycles. The molecule has 0 aliphatic heterocycles. The number of hydrogen-bond acceptors (Lipinski definition) is 16.